The van der Waals surface area contributed by atoms with Crippen LogP contribution in [0.25, 0.3) is 0 Å². The third-order valence-corrected chi connectivity index (χ3v) is 4.60. The average Bonchev–Trinajstić information content (AvgIpc) is 2.59. The van der Waals surface area contributed by atoms with Gasteiger partial charge in [-0.25, -0.2) is 0 Å². The first-order valence-corrected chi connectivity index (χ1v) is 8.25. The quantitative estimate of drug-likeness (QED) is 0.786. The number of hydrogen-bond acceptors (Lipinski definition) is 4. The fourth-order valence-electron chi connectivity index (χ4n) is 3.13. The van der Waals surface area contributed by atoms with Crippen LogP contribution < -0.4 is 15.4 Å². The summed E-state index contributed by atoms with van der Waals surface area (Å²) in [5.41, 5.74) is 2.26. The number of hydrogen-bond donors (Lipinski definition) is 2. The number of carbonyl (C=O) groups is 1. The SMILES string of the molecule is CNCCC(=O)NCC1(c2cc(C)ccc2OC)CCOCC1.Cl. The van der Waals surface area contributed by atoms with E-state index in [0.29, 0.717) is 32.7 Å². The van der Waals surface area contributed by atoms with E-state index in [4.69, 9.17) is 9.47 Å². The van der Waals surface area contributed by atoms with Crippen LogP contribution in [0.4, 0.5) is 0 Å². The summed E-state index contributed by atoms with van der Waals surface area (Å²) < 4.78 is 11.1. The molecule has 0 aliphatic carbocycles. The Bertz CT molecular complexity index is 531. The molecular formula is C18H29ClN2O3. The zero-order chi connectivity index (χ0) is 16.7. The molecule has 1 aliphatic rings. The molecule has 0 saturated carbocycles. The van der Waals surface area contributed by atoms with E-state index in [0.717, 1.165) is 18.6 Å². The van der Waals surface area contributed by atoms with Gasteiger partial charge >= 0.3 is 0 Å². The van der Waals surface area contributed by atoms with Crippen molar-refractivity contribution in [2.75, 3.05) is 40.5 Å². The highest BCUT2D eigenvalue weighted by Crippen LogP contribution is 2.40. The highest BCUT2D eigenvalue weighted by Gasteiger charge is 2.37. The molecule has 5 nitrogen and oxygen atoms in total. The van der Waals surface area contributed by atoms with Crippen molar-refractivity contribution in [3.05, 3.63) is 29.3 Å². The molecule has 6 heteroatoms. The minimum Gasteiger partial charge on any atom is -0.496 e. The minimum absolute atomic E-state index is 0. The van der Waals surface area contributed by atoms with Crippen LogP contribution in [-0.4, -0.2) is 46.4 Å². The molecule has 1 heterocycles. The summed E-state index contributed by atoms with van der Waals surface area (Å²) in [6.07, 6.45) is 2.27. The zero-order valence-corrected chi connectivity index (χ0v) is 15.6. The summed E-state index contributed by atoms with van der Waals surface area (Å²) in [7, 11) is 3.55. The van der Waals surface area contributed by atoms with Crippen LogP contribution in [0.1, 0.15) is 30.4 Å². The normalized spacial score (nSPS) is 16.1. The predicted molar refractivity (Wildman–Crippen MR) is 98.3 cm³/mol. The van der Waals surface area contributed by atoms with Gasteiger partial charge in [-0.15, -0.1) is 12.4 Å². The molecule has 1 aliphatic heterocycles. The molecule has 1 saturated heterocycles. The van der Waals surface area contributed by atoms with Crippen molar-refractivity contribution in [1.29, 1.82) is 0 Å². The average molecular weight is 357 g/mol. The van der Waals surface area contributed by atoms with Crippen LogP contribution >= 0.6 is 12.4 Å². The summed E-state index contributed by atoms with van der Waals surface area (Å²) in [5, 5.41) is 6.11. The number of nitrogens with one attached hydrogen (secondary N) is 2. The summed E-state index contributed by atoms with van der Waals surface area (Å²) in [6.45, 7) is 4.82. The van der Waals surface area contributed by atoms with Gasteiger partial charge in [0.15, 0.2) is 0 Å². The van der Waals surface area contributed by atoms with Crippen LogP contribution in [0.2, 0.25) is 0 Å². The van der Waals surface area contributed by atoms with E-state index in [1.807, 2.05) is 13.1 Å². The number of amides is 1. The second kappa shape index (κ2) is 9.87. The Morgan fingerprint density at radius 2 is 2.04 bits per heavy atom. The summed E-state index contributed by atoms with van der Waals surface area (Å²) in [4.78, 5) is 12.0. The second-order valence-corrected chi connectivity index (χ2v) is 6.23. The van der Waals surface area contributed by atoms with Crippen LogP contribution in [0.15, 0.2) is 18.2 Å². The van der Waals surface area contributed by atoms with Gasteiger partial charge in [0.2, 0.25) is 5.91 Å². The van der Waals surface area contributed by atoms with Crippen molar-refractivity contribution in [3.8, 4) is 5.75 Å². The molecule has 0 atom stereocenters. The van der Waals surface area contributed by atoms with Crippen molar-refractivity contribution in [2.24, 2.45) is 0 Å². The fourth-order valence-corrected chi connectivity index (χ4v) is 3.13. The largest absolute Gasteiger partial charge is 0.496 e. The minimum atomic E-state index is -0.120. The molecule has 2 N–H and O–H groups in total. The van der Waals surface area contributed by atoms with E-state index in [9.17, 15) is 4.79 Å². The fraction of sp³-hybridized carbons (Fsp3) is 0.611. The molecule has 0 spiro atoms. The predicted octanol–water partition coefficient (Wildman–Crippen LogP) is 2.20. The van der Waals surface area contributed by atoms with Crippen LogP contribution in [0.3, 0.4) is 0 Å². The lowest BCUT2D eigenvalue weighted by Gasteiger charge is -2.38. The Hall–Kier alpha value is -1.30. The molecule has 0 unspecified atom stereocenters. The Labute approximate surface area is 150 Å². The van der Waals surface area contributed by atoms with E-state index in [1.54, 1.807) is 7.11 Å². The Morgan fingerprint density at radius 3 is 2.67 bits per heavy atom. The van der Waals surface area contributed by atoms with E-state index in [2.05, 4.69) is 29.7 Å². The maximum Gasteiger partial charge on any atom is 0.221 e. The van der Waals surface area contributed by atoms with E-state index in [1.165, 1.54) is 11.1 Å². The van der Waals surface area contributed by atoms with Crippen molar-refractivity contribution in [3.63, 3.8) is 0 Å². The van der Waals surface area contributed by atoms with Gasteiger partial charge < -0.3 is 20.1 Å². The summed E-state index contributed by atoms with van der Waals surface area (Å²) in [6, 6.07) is 6.26. The van der Waals surface area contributed by atoms with Crippen molar-refractivity contribution in [1.82, 2.24) is 10.6 Å². The van der Waals surface area contributed by atoms with Gasteiger partial charge in [-0.2, -0.15) is 0 Å². The maximum atomic E-state index is 12.0. The number of ether oxygens (including phenoxy) is 2. The lowest BCUT2D eigenvalue weighted by Crippen LogP contribution is -2.45. The monoisotopic (exact) mass is 356 g/mol. The summed E-state index contributed by atoms with van der Waals surface area (Å²) >= 11 is 0. The van der Waals surface area contributed by atoms with E-state index < -0.39 is 0 Å². The van der Waals surface area contributed by atoms with Crippen molar-refractivity contribution >= 4 is 18.3 Å². The standard InChI is InChI=1S/C18H28N2O3.ClH/c1-14-4-5-16(22-3)15(12-14)18(7-10-23-11-8-18)13-20-17(21)6-9-19-2;/h4-5,12,19H,6-11,13H2,1-3H3,(H,20,21);1H. The summed E-state index contributed by atoms with van der Waals surface area (Å²) in [5.74, 6) is 0.971. The maximum absolute atomic E-state index is 12.0. The lowest BCUT2D eigenvalue weighted by molar-refractivity contribution is -0.121. The highest BCUT2D eigenvalue weighted by molar-refractivity contribution is 5.85. The molecule has 0 bridgehead atoms. The van der Waals surface area contributed by atoms with Crippen molar-refractivity contribution in [2.45, 2.75) is 31.6 Å². The number of halogens is 1. The topological polar surface area (TPSA) is 59.6 Å². The molecule has 1 aromatic carbocycles. The van der Waals surface area contributed by atoms with Crippen molar-refractivity contribution < 1.29 is 14.3 Å². The van der Waals surface area contributed by atoms with Gasteiger partial charge in [-0.05, 0) is 32.9 Å². The van der Waals surface area contributed by atoms with Gasteiger partial charge in [0.05, 0.1) is 7.11 Å². The number of benzene rings is 1. The molecule has 24 heavy (non-hydrogen) atoms. The van der Waals surface area contributed by atoms with E-state index >= 15 is 0 Å². The smallest absolute Gasteiger partial charge is 0.221 e. The molecule has 1 fully saturated rings. The van der Waals surface area contributed by atoms with Crippen LogP contribution in [0, 0.1) is 6.92 Å². The molecular weight excluding hydrogens is 328 g/mol. The third kappa shape index (κ3) is 5.10. The molecule has 1 amide bonds. The molecule has 0 aromatic heterocycles. The first-order valence-electron chi connectivity index (χ1n) is 8.25. The van der Waals surface area contributed by atoms with Gasteiger partial charge in [0.1, 0.15) is 5.75 Å². The number of rotatable bonds is 7. The Balaban J connectivity index is 0.00000288. The lowest BCUT2D eigenvalue weighted by atomic mass is 9.73. The molecule has 0 radical (unpaired) electrons. The first-order chi connectivity index (χ1) is 11.1. The highest BCUT2D eigenvalue weighted by atomic mass is 35.5. The van der Waals surface area contributed by atoms with Gasteiger partial charge in [0, 0.05) is 43.7 Å². The zero-order valence-electron chi connectivity index (χ0n) is 14.8. The number of aryl methyl sites for hydroxylation is 1. The molecule has 2 rings (SSSR count). The van der Waals surface area contributed by atoms with Gasteiger partial charge in [0.25, 0.3) is 0 Å². The van der Waals surface area contributed by atoms with E-state index in [-0.39, 0.29) is 23.7 Å². The van der Waals surface area contributed by atoms with Gasteiger partial charge in [-0.1, -0.05) is 17.7 Å². The van der Waals surface area contributed by atoms with Crippen LogP contribution in [0.5, 0.6) is 5.75 Å². The molecule has 136 valence electrons. The Morgan fingerprint density at radius 1 is 1.33 bits per heavy atom. The number of carbonyl (C=O) groups excluding carboxylic acids is 1. The molecule has 1 aromatic rings. The first kappa shape index (κ1) is 20.7. The third-order valence-electron chi connectivity index (χ3n) is 4.60. The second-order valence-electron chi connectivity index (χ2n) is 6.23. The van der Waals surface area contributed by atoms with Crippen LogP contribution in [-0.2, 0) is 14.9 Å². The Kier molecular flexibility index (Phi) is 8.53. The number of methoxy groups -OCH3 is 1. The van der Waals surface area contributed by atoms with Gasteiger partial charge in [-0.3, -0.25) is 4.79 Å².